The molecule has 0 spiro atoms. The average molecular weight is 219 g/mol. The fraction of sp³-hybridized carbons (Fsp3) is 0.300. The van der Waals surface area contributed by atoms with E-state index in [1.165, 1.54) is 0 Å². The number of nitrogens with one attached hydrogen (secondary N) is 1. The van der Waals surface area contributed by atoms with E-state index in [0.717, 1.165) is 11.1 Å². The summed E-state index contributed by atoms with van der Waals surface area (Å²) in [7, 11) is 1.77. The maximum atomic E-state index is 8.90. The summed E-state index contributed by atoms with van der Waals surface area (Å²) in [5.41, 5.74) is 2.02. The largest absolute Gasteiger partial charge is 0.392 e. The van der Waals surface area contributed by atoms with E-state index < -0.39 is 0 Å². The number of aliphatic hydroxyl groups is 1. The molecule has 0 aliphatic carbocycles. The van der Waals surface area contributed by atoms with Gasteiger partial charge in [-0.25, -0.2) is 4.68 Å². The van der Waals surface area contributed by atoms with E-state index >= 15 is 0 Å². The highest BCUT2D eigenvalue weighted by atomic mass is 16.3. The van der Waals surface area contributed by atoms with Crippen molar-refractivity contribution in [2.75, 3.05) is 5.32 Å². The second-order valence-electron chi connectivity index (χ2n) is 3.45. The molecule has 0 amide bonds. The minimum Gasteiger partial charge on any atom is -0.392 e. The first-order valence-electron chi connectivity index (χ1n) is 4.94. The summed E-state index contributed by atoms with van der Waals surface area (Å²) in [6.45, 7) is 0.723. The first-order valence-corrected chi connectivity index (χ1v) is 4.94. The Bertz CT molecular complexity index is 450. The monoisotopic (exact) mass is 219 g/mol. The molecule has 16 heavy (non-hydrogen) atoms. The lowest BCUT2D eigenvalue weighted by Gasteiger charge is -2.04. The van der Waals surface area contributed by atoms with Crippen molar-refractivity contribution in [3.05, 3.63) is 35.4 Å². The highest BCUT2D eigenvalue weighted by molar-refractivity contribution is 5.27. The molecule has 1 aromatic heterocycles. The zero-order valence-corrected chi connectivity index (χ0v) is 8.96. The molecule has 0 aliphatic heterocycles. The number of hydrogen-bond donors (Lipinski definition) is 2. The molecule has 0 saturated heterocycles. The highest BCUT2D eigenvalue weighted by Gasteiger charge is 2.00. The Morgan fingerprint density at radius 2 is 1.94 bits per heavy atom. The van der Waals surface area contributed by atoms with Crippen molar-refractivity contribution in [3.8, 4) is 0 Å². The van der Waals surface area contributed by atoms with Gasteiger partial charge in [-0.3, -0.25) is 0 Å². The van der Waals surface area contributed by atoms with Crippen LogP contribution in [0.25, 0.3) is 0 Å². The van der Waals surface area contributed by atoms with Gasteiger partial charge in [0.25, 0.3) is 0 Å². The summed E-state index contributed by atoms with van der Waals surface area (Å²) in [6.07, 6.45) is 0. The van der Waals surface area contributed by atoms with Gasteiger partial charge in [-0.15, -0.1) is 0 Å². The molecular formula is C10H13N5O. The van der Waals surface area contributed by atoms with Crippen molar-refractivity contribution in [1.82, 2.24) is 20.2 Å². The first-order chi connectivity index (χ1) is 7.79. The van der Waals surface area contributed by atoms with Crippen molar-refractivity contribution in [3.63, 3.8) is 0 Å². The number of aryl methyl sites for hydroxylation is 1. The number of tetrazole rings is 1. The minimum atomic E-state index is 0.0704. The van der Waals surface area contributed by atoms with Crippen LogP contribution in [0.4, 0.5) is 5.95 Å². The smallest absolute Gasteiger partial charge is 0.242 e. The summed E-state index contributed by atoms with van der Waals surface area (Å²) in [5, 5.41) is 23.1. The molecule has 0 saturated carbocycles. The molecular weight excluding hydrogens is 206 g/mol. The maximum absolute atomic E-state index is 8.90. The topological polar surface area (TPSA) is 75.9 Å². The lowest BCUT2D eigenvalue weighted by molar-refractivity contribution is 0.282. The van der Waals surface area contributed by atoms with Crippen LogP contribution in [0, 0.1) is 0 Å². The minimum absolute atomic E-state index is 0.0704. The van der Waals surface area contributed by atoms with Gasteiger partial charge in [-0.1, -0.05) is 29.4 Å². The van der Waals surface area contributed by atoms with Crippen LogP contribution in [0.1, 0.15) is 11.1 Å². The third kappa shape index (κ3) is 2.34. The van der Waals surface area contributed by atoms with Crippen LogP contribution >= 0.6 is 0 Å². The molecule has 2 N–H and O–H groups in total. The normalized spacial score (nSPS) is 10.4. The Kier molecular flexibility index (Phi) is 3.11. The van der Waals surface area contributed by atoms with E-state index in [1.54, 1.807) is 11.7 Å². The summed E-state index contributed by atoms with van der Waals surface area (Å²) in [6, 6.07) is 7.71. The highest BCUT2D eigenvalue weighted by Crippen LogP contribution is 2.06. The van der Waals surface area contributed by atoms with Gasteiger partial charge in [-0.05, 0) is 21.6 Å². The zero-order valence-electron chi connectivity index (χ0n) is 8.96. The first kappa shape index (κ1) is 10.6. The maximum Gasteiger partial charge on any atom is 0.242 e. The van der Waals surface area contributed by atoms with Gasteiger partial charge >= 0.3 is 0 Å². The molecule has 0 fully saturated rings. The van der Waals surface area contributed by atoms with Gasteiger partial charge < -0.3 is 10.4 Å². The molecule has 0 atom stereocenters. The van der Waals surface area contributed by atoms with Crippen LogP contribution in [0.5, 0.6) is 0 Å². The molecule has 2 rings (SSSR count). The second kappa shape index (κ2) is 4.71. The Morgan fingerprint density at radius 3 is 2.50 bits per heavy atom. The van der Waals surface area contributed by atoms with E-state index in [4.69, 9.17) is 5.11 Å². The molecule has 0 aliphatic rings. The summed E-state index contributed by atoms with van der Waals surface area (Å²) >= 11 is 0. The van der Waals surface area contributed by atoms with Crippen molar-refractivity contribution in [2.45, 2.75) is 13.2 Å². The quantitative estimate of drug-likeness (QED) is 0.774. The van der Waals surface area contributed by atoms with Gasteiger partial charge in [0.15, 0.2) is 0 Å². The van der Waals surface area contributed by atoms with E-state index in [9.17, 15) is 0 Å². The fourth-order valence-corrected chi connectivity index (χ4v) is 1.32. The Labute approximate surface area is 92.9 Å². The molecule has 0 bridgehead atoms. The van der Waals surface area contributed by atoms with Gasteiger partial charge in [0.1, 0.15) is 0 Å². The van der Waals surface area contributed by atoms with Crippen LogP contribution in [0.15, 0.2) is 24.3 Å². The SMILES string of the molecule is Cn1nnnc1NCc1ccc(CO)cc1. The van der Waals surface area contributed by atoms with E-state index in [-0.39, 0.29) is 6.61 Å². The Morgan fingerprint density at radius 1 is 1.25 bits per heavy atom. The number of hydrogen-bond acceptors (Lipinski definition) is 5. The van der Waals surface area contributed by atoms with E-state index in [2.05, 4.69) is 20.8 Å². The molecule has 0 radical (unpaired) electrons. The molecule has 84 valence electrons. The summed E-state index contributed by atoms with van der Waals surface area (Å²) < 4.78 is 1.57. The predicted molar refractivity (Wildman–Crippen MR) is 58.5 cm³/mol. The van der Waals surface area contributed by atoms with Crippen LogP contribution in [-0.2, 0) is 20.2 Å². The van der Waals surface area contributed by atoms with Crippen LogP contribution < -0.4 is 5.32 Å². The molecule has 1 aromatic carbocycles. The Hall–Kier alpha value is -1.95. The zero-order chi connectivity index (χ0) is 11.4. The third-order valence-electron chi connectivity index (χ3n) is 2.28. The molecule has 6 heteroatoms. The lowest BCUT2D eigenvalue weighted by atomic mass is 10.1. The number of aromatic nitrogens is 4. The van der Waals surface area contributed by atoms with Crippen LogP contribution in [0.3, 0.4) is 0 Å². The van der Waals surface area contributed by atoms with Crippen molar-refractivity contribution in [2.24, 2.45) is 7.05 Å². The molecule has 2 aromatic rings. The van der Waals surface area contributed by atoms with Gasteiger partial charge in [0, 0.05) is 13.6 Å². The van der Waals surface area contributed by atoms with Crippen LogP contribution in [0.2, 0.25) is 0 Å². The fourth-order valence-electron chi connectivity index (χ4n) is 1.32. The van der Waals surface area contributed by atoms with E-state index in [0.29, 0.717) is 12.5 Å². The number of anilines is 1. The van der Waals surface area contributed by atoms with Gasteiger partial charge in [0.05, 0.1) is 6.61 Å². The third-order valence-corrected chi connectivity index (χ3v) is 2.28. The van der Waals surface area contributed by atoms with E-state index in [1.807, 2.05) is 24.3 Å². The molecule has 6 nitrogen and oxygen atoms in total. The molecule has 1 heterocycles. The van der Waals surface area contributed by atoms with Crippen molar-refractivity contribution < 1.29 is 5.11 Å². The number of aliphatic hydroxyl groups excluding tert-OH is 1. The average Bonchev–Trinajstić information content (AvgIpc) is 2.73. The number of nitrogens with zero attached hydrogens (tertiary/aromatic N) is 4. The second-order valence-corrected chi connectivity index (χ2v) is 3.45. The summed E-state index contributed by atoms with van der Waals surface area (Å²) in [5.74, 6) is 0.631. The Balaban J connectivity index is 1.97. The predicted octanol–water partition coefficient (Wildman–Crippen LogP) is 0.314. The number of rotatable bonds is 4. The van der Waals surface area contributed by atoms with Crippen molar-refractivity contribution >= 4 is 5.95 Å². The summed E-state index contributed by atoms with van der Waals surface area (Å²) in [4.78, 5) is 0. The molecule has 0 unspecified atom stereocenters. The number of benzene rings is 1. The van der Waals surface area contributed by atoms with Crippen molar-refractivity contribution in [1.29, 1.82) is 0 Å². The van der Waals surface area contributed by atoms with Gasteiger partial charge in [-0.2, -0.15) is 0 Å². The van der Waals surface area contributed by atoms with Crippen LogP contribution in [-0.4, -0.2) is 25.3 Å². The standard InChI is InChI=1S/C10H13N5O/c1-15-10(12-13-14-15)11-6-8-2-4-9(7-16)5-3-8/h2-5,16H,6-7H2,1H3,(H,11,12,14). The van der Waals surface area contributed by atoms with Gasteiger partial charge in [0.2, 0.25) is 5.95 Å². The lowest BCUT2D eigenvalue weighted by Crippen LogP contribution is -2.05.